The molecule has 0 saturated heterocycles. The van der Waals surface area contributed by atoms with Crippen molar-refractivity contribution in [2.24, 2.45) is 0 Å². The Labute approximate surface area is 196 Å². The van der Waals surface area contributed by atoms with Crippen LogP contribution in [0.15, 0.2) is 72.8 Å². The van der Waals surface area contributed by atoms with E-state index in [2.05, 4.69) is 43.3 Å². The SMILES string of the molecule is CCCCCCCC[B-](c1ccc(Cl)cc1)(c1ccc(Cl)cc1)c1ccc(Cl)cc1. The summed E-state index contributed by atoms with van der Waals surface area (Å²) < 4.78 is 0. The van der Waals surface area contributed by atoms with E-state index in [-0.39, 0.29) is 0 Å². The molecule has 3 rings (SSSR count). The molecule has 0 saturated carbocycles. The van der Waals surface area contributed by atoms with Crippen molar-refractivity contribution in [2.75, 3.05) is 0 Å². The van der Waals surface area contributed by atoms with Gasteiger partial charge in [0.2, 0.25) is 0 Å². The predicted molar refractivity (Wildman–Crippen MR) is 137 cm³/mol. The molecular formula is C26H29BCl3-. The monoisotopic (exact) mass is 457 g/mol. The first kappa shape index (κ1) is 23.3. The molecule has 0 unspecified atom stereocenters. The van der Waals surface area contributed by atoms with Crippen LogP contribution in [-0.2, 0) is 0 Å². The van der Waals surface area contributed by atoms with E-state index in [4.69, 9.17) is 34.8 Å². The largest absolute Gasteiger partial charge is 0.200 e. The van der Waals surface area contributed by atoms with Crippen LogP contribution < -0.4 is 16.4 Å². The fourth-order valence-electron chi connectivity index (χ4n) is 4.68. The van der Waals surface area contributed by atoms with Gasteiger partial charge in [0, 0.05) is 15.1 Å². The molecule has 3 aromatic carbocycles. The Bertz CT molecular complexity index is 792. The third-order valence-corrected chi connectivity index (χ3v) is 7.06. The van der Waals surface area contributed by atoms with Crippen molar-refractivity contribution in [3.05, 3.63) is 87.9 Å². The lowest BCUT2D eigenvalue weighted by Crippen LogP contribution is -2.66. The van der Waals surface area contributed by atoms with Crippen LogP contribution in [0.2, 0.25) is 21.4 Å². The van der Waals surface area contributed by atoms with Gasteiger partial charge in [-0.05, 0) is 36.4 Å². The van der Waals surface area contributed by atoms with Crippen LogP contribution in [0, 0.1) is 0 Å². The molecule has 0 radical (unpaired) electrons. The highest BCUT2D eigenvalue weighted by atomic mass is 35.5. The second-order valence-corrected chi connectivity index (χ2v) is 9.57. The van der Waals surface area contributed by atoms with Gasteiger partial charge in [-0.1, -0.05) is 117 Å². The zero-order valence-electron chi connectivity index (χ0n) is 17.6. The summed E-state index contributed by atoms with van der Waals surface area (Å²) in [5.74, 6) is 0. The number of benzene rings is 3. The zero-order chi connectivity index (χ0) is 21.4. The number of halogens is 3. The molecule has 0 atom stereocenters. The topological polar surface area (TPSA) is 0 Å². The lowest BCUT2D eigenvalue weighted by atomic mass is 9.14. The molecule has 0 N–H and O–H groups in total. The Kier molecular flexibility index (Phi) is 8.75. The Morgan fingerprint density at radius 1 is 0.500 bits per heavy atom. The van der Waals surface area contributed by atoms with E-state index in [0.717, 1.165) is 21.4 Å². The van der Waals surface area contributed by atoms with Crippen LogP contribution in [0.1, 0.15) is 45.4 Å². The van der Waals surface area contributed by atoms with Gasteiger partial charge in [0.15, 0.2) is 0 Å². The second-order valence-electron chi connectivity index (χ2n) is 8.26. The van der Waals surface area contributed by atoms with Gasteiger partial charge in [0.25, 0.3) is 0 Å². The molecule has 0 aliphatic carbocycles. The first-order valence-electron chi connectivity index (χ1n) is 11.0. The van der Waals surface area contributed by atoms with Crippen molar-refractivity contribution in [1.29, 1.82) is 0 Å². The van der Waals surface area contributed by atoms with Crippen molar-refractivity contribution in [2.45, 2.75) is 51.8 Å². The number of unbranched alkanes of at least 4 members (excludes halogenated alkanes) is 5. The van der Waals surface area contributed by atoms with Gasteiger partial charge in [-0.15, -0.1) is 0 Å². The Hall–Kier alpha value is -1.41. The molecule has 158 valence electrons. The first-order valence-corrected chi connectivity index (χ1v) is 12.1. The van der Waals surface area contributed by atoms with Gasteiger partial charge in [-0.3, -0.25) is 0 Å². The number of rotatable bonds is 10. The molecule has 30 heavy (non-hydrogen) atoms. The quantitative estimate of drug-likeness (QED) is 0.218. The van der Waals surface area contributed by atoms with Gasteiger partial charge in [-0.25, -0.2) is 0 Å². The predicted octanol–water partition coefficient (Wildman–Crippen LogP) is 7.48. The van der Waals surface area contributed by atoms with Gasteiger partial charge in [0.1, 0.15) is 0 Å². The average molecular weight is 459 g/mol. The van der Waals surface area contributed by atoms with E-state index in [1.807, 2.05) is 36.4 Å². The highest BCUT2D eigenvalue weighted by Crippen LogP contribution is 2.21. The van der Waals surface area contributed by atoms with Crippen LogP contribution in [-0.4, -0.2) is 6.15 Å². The smallest absolute Gasteiger partial charge is 0.0814 e. The number of hydrogen-bond acceptors (Lipinski definition) is 0. The first-order chi connectivity index (χ1) is 14.6. The molecule has 0 heterocycles. The third-order valence-electron chi connectivity index (χ3n) is 6.31. The third kappa shape index (κ3) is 5.64. The zero-order valence-corrected chi connectivity index (χ0v) is 19.9. The summed E-state index contributed by atoms with van der Waals surface area (Å²) in [5.41, 5.74) is 3.91. The van der Waals surface area contributed by atoms with E-state index in [1.165, 1.54) is 54.9 Å². The molecule has 0 nitrogen and oxygen atoms in total. The summed E-state index contributed by atoms with van der Waals surface area (Å²) in [5, 5.41) is 2.28. The maximum atomic E-state index is 6.24. The molecule has 0 spiro atoms. The maximum Gasteiger partial charge on any atom is 0.0814 e. The molecule has 0 fully saturated rings. The normalized spacial score (nSPS) is 11.6. The highest BCUT2D eigenvalue weighted by molar-refractivity contribution is 7.11. The Morgan fingerprint density at radius 2 is 0.833 bits per heavy atom. The van der Waals surface area contributed by atoms with Crippen molar-refractivity contribution in [3.63, 3.8) is 0 Å². The van der Waals surface area contributed by atoms with Gasteiger partial charge in [-0.2, -0.15) is 22.7 Å². The van der Waals surface area contributed by atoms with E-state index in [1.54, 1.807) is 0 Å². The van der Waals surface area contributed by atoms with E-state index < -0.39 is 6.15 Å². The molecule has 0 amide bonds. The summed E-state index contributed by atoms with van der Waals surface area (Å²) in [7, 11) is 0. The van der Waals surface area contributed by atoms with Gasteiger partial charge >= 0.3 is 0 Å². The summed E-state index contributed by atoms with van der Waals surface area (Å²) in [6.07, 6.45) is 7.56. The van der Waals surface area contributed by atoms with Gasteiger partial charge in [0.05, 0.1) is 6.15 Å². The van der Waals surface area contributed by atoms with Crippen molar-refractivity contribution < 1.29 is 0 Å². The molecular weight excluding hydrogens is 429 g/mol. The second kappa shape index (κ2) is 11.3. The van der Waals surface area contributed by atoms with Crippen LogP contribution in [0.5, 0.6) is 0 Å². The minimum Gasteiger partial charge on any atom is -0.200 e. The number of hydrogen-bond donors (Lipinski definition) is 0. The van der Waals surface area contributed by atoms with Crippen molar-refractivity contribution in [1.82, 2.24) is 0 Å². The van der Waals surface area contributed by atoms with E-state index in [0.29, 0.717) is 0 Å². The van der Waals surface area contributed by atoms with Gasteiger partial charge < -0.3 is 0 Å². The van der Waals surface area contributed by atoms with E-state index in [9.17, 15) is 0 Å². The van der Waals surface area contributed by atoms with Crippen LogP contribution in [0.25, 0.3) is 0 Å². The summed E-state index contributed by atoms with van der Waals surface area (Å²) in [6.45, 7) is 2.26. The lowest BCUT2D eigenvalue weighted by molar-refractivity contribution is 0.623. The van der Waals surface area contributed by atoms with Crippen LogP contribution >= 0.6 is 34.8 Å². The average Bonchev–Trinajstić information content (AvgIpc) is 2.76. The molecule has 0 aliphatic rings. The molecule has 4 heteroatoms. The molecule has 0 aromatic heterocycles. The summed E-state index contributed by atoms with van der Waals surface area (Å²) in [6, 6.07) is 25.1. The summed E-state index contributed by atoms with van der Waals surface area (Å²) >= 11 is 18.7. The highest BCUT2D eigenvalue weighted by Gasteiger charge is 2.29. The minimum atomic E-state index is -1.16. The minimum absolute atomic E-state index is 0.759. The van der Waals surface area contributed by atoms with E-state index >= 15 is 0 Å². The van der Waals surface area contributed by atoms with Crippen LogP contribution in [0.4, 0.5) is 0 Å². The lowest BCUT2D eigenvalue weighted by Gasteiger charge is -2.43. The fourth-order valence-corrected chi connectivity index (χ4v) is 5.06. The fraction of sp³-hybridized carbons (Fsp3) is 0.308. The molecule has 0 aliphatic heterocycles. The summed E-state index contributed by atoms with van der Waals surface area (Å²) in [4.78, 5) is 0. The Morgan fingerprint density at radius 3 is 1.20 bits per heavy atom. The molecule has 3 aromatic rings. The standard InChI is InChI=1S/C26H29BCl3/c1-2-3-4-5-6-7-20-27(21-8-14-24(28)15-9-21,22-10-16-25(29)17-11-22)23-12-18-26(30)19-13-23/h8-19H,2-7,20H2,1H3/q-1. The van der Waals surface area contributed by atoms with Crippen molar-refractivity contribution in [3.8, 4) is 0 Å². The molecule has 0 bridgehead atoms. The Balaban J connectivity index is 2.06. The van der Waals surface area contributed by atoms with Crippen LogP contribution in [0.3, 0.4) is 0 Å². The maximum absolute atomic E-state index is 6.24. The van der Waals surface area contributed by atoms with Crippen molar-refractivity contribution >= 4 is 57.3 Å².